The number of benzene rings is 1. The van der Waals surface area contributed by atoms with Gasteiger partial charge in [0.05, 0.1) is 6.61 Å². The summed E-state index contributed by atoms with van der Waals surface area (Å²) < 4.78 is 11.1. The molecule has 7 heteroatoms. The maximum absolute atomic E-state index is 13.0. The number of anilines is 3. The highest BCUT2D eigenvalue weighted by molar-refractivity contribution is 5.90. The Morgan fingerprint density at radius 2 is 1.97 bits per heavy atom. The smallest absolute Gasteiger partial charge is 0.357 e. The first-order valence-electron chi connectivity index (χ1n) is 13.3. The fourth-order valence-corrected chi connectivity index (χ4v) is 5.90. The van der Waals surface area contributed by atoms with E-state index in [-0.39, 0.29) is 17.4 Å². The molecule has 7 nitrogen and oxygen atoms in total. The lowest BCUT2D eigenvalue weighted by Crippen LogP contribution is -2.34. The maximum Gasteiger partial charge on any atom is 0.357 e. The number of carbonyl (C=O) groups is 1. The van der Waals surface area contributed by atoms with Crippen molar-refractivity contribution in [2.24, 2.45) is 11.3 Å². The number of esters is 1. The molecule has 0 radical (unpaired) electrons. The number of pyridine rings is 1. The van der Waals surface area contributed by atoms with Crippen LogP contribution in [0.4, 0.5) is 17.2 Å². The predicted molar refractivity (Wildman–Crippen MR) is 145 cm³/mol. The van der Waals surface area contributed by atoms with E-state index in [1.54, 1.807) is 0 Å². The zero-order chi connectivity index (χ0) is 25.9. The number of hydrogen-bond donors (Lipinski definition) is 1. The van der Waals surface area contributed by atoms with Crippen LogP contribution in [0.2, 0.25) is 0 Å². The van der Waals surface area contributed by atoms with Crippen molar-refractivity contribution in [2.75, 3.05) is 57.2 Å². The zero-order valence-corrected chi connectivity index (χ0v) is 22.8. The van der Waals surface area contributed by atoms with Gasteiger partial charge in [-0.05, 0) is 82.3 Å². The molecule has 2 saturated heterocycles. The van der Waals surface area contributed by atoms with Gasteiger partial charge in [0.2, 0.25) is 0 Å². The van der Waals surface area contributed by atoms with Crippen molar-refractivity contribution in [3.63, 3.8) is 0 Å². The molecule has 2 aliphatic rings. The Labute approximate surface area is 216 Å². The molecule has 2 aromatic rings. The molecule has 196 valence electrons. The lowest BCUT2D eigenvalue weighted by Gasteiger charge is -2.36. The molecule has 3 heterocycles. The number of aryl methyl sites for hydroxylation is 1. The number of nitrogens with zero attached hydrogens (tertiary/aromatic N) is 3. The second-order valence-corrected chi connectivity index (χ2v) is 10.9. The molecule has 36 heavy (non-hydrogen) atoms. The molecule has 1 atom stereocenters. The number of hydrogen-bond acceptors (Lipinski definition) is 7. The first-order chi connectivity index (χ1) is 17.2. The third-order valence-corrected chi connectivity index (χ3v) is 7.62. The van der Waals surface area contributed by atoms with Gasteiger partial charge in [-0.15, -0.1) is 0 Å². The van der Waals surface area contributed by atoms with Crippen LogP contribution in [0.1, 0.15) is 67.7 Å². The summed E-state index contributed by atoms with van der Waals surface area (Å²) >= 11 is 0. The lowest BCUT2D eigenvalue weighted by molar-refractivity contribution is 0.0254. The van der Waals surface area contributed by atoms with E-state index in [9.17, 15) is 4.79 Å². The van der Waals surface area contributed by atoms with Crippen LogP contribution in [-0.2, 0) is 9.47 Å². The monoisotopic (exact) mass is 494 g/mol. The minimum absolute atomic E-state index is 0.113. The van der Waals surface area contributed by atoms with Gasteiger partial charge in [0, 0.05) is 49.3 Å². The minimum atomic E-state index is -0.386. The van der Waals surface area contributed by atoms with Crippen molar-refractivity contribution in [1.82, 2.24) is 9.88 Å². The van der Waals surface area contributed by atoms with Crippen molar-refractivity contribution < 1.29 is 14.3 Å². The lowest BCUT2D eigenvalue weighted by atomic mass is 9.79. The number of aromatic nitrogens is 1. The predicted octanol–water partition coefficient (Wildman–Crippen LogP) is 5.58. The van der Waals surface area contributed by atoms with Crippen LogP contribution in [0.25, 0.3) is 0 Å². The number of carbonyl (C=O) groups excluding carboxylic acids is 1. The first-order valence-corrected chi connectivity index (χ1v) is 13.3. The van der Waals surface area contributed by atoms with Gasteiger partial charge in [0.15, 0.2) is 5.69 Å². The molecular weight excluding hydrogens is 452 g/mol. The van der Waals surface area contributed by atoms with E-state index in [2.05, 4.69) is 62.1 Å². The second kappa shape index (κ2) is 11.2. The van der Waals surface area contributed by atoms with Crippen molar-refractivity contribution in [3.05, 3.63) is 47.2 Å². The molecule has 4 rings (SSSR count). The molecule has 0 amide bonds. The average Bonchev–Trinajstić information content (AvgIpc) is 3.23. The molecule has 0 aliphatic carbocycles. The van der Waals surface area contributed by atoms with Gasteiger partial charge in [-0.25, -0.2) is 9.78 Å². The van der Waals surface area contributed by atoms with E-state index >= 15 is 0 Å². The highest BCUT2D eigenvalue weighted by atomic mass is 16.5. The van der Waals surface area contributed by atoms with Crippen molar-refractivity contribution >= 4 is 23.2 Å². The summed E-state index contributed by atoms with van der Waals surface area (Å²) in [6.07, 6.45) is 3.32. The van der Waals surface area contributed by atoms with Crippen LogP contribution >= 0.6 is 0 Å². The molecule has 1 unspecified atom stereocenters. The Balaban J connectivity index is 1.87. The van der Waals surface area contributed by atoms with Crippen LogP contribution in [-0.4, -0.2) is 62.9 Å². The molecule has 1 N–H and O–H groups in total. The van der Waals surface area contributed by atoms with E-state index in [0.717, 1.165) is 73.9 Å². The third kappa shape index (κ3) is 5.68. The normalized spacial score (nSPS) is 18.2. The molecule has 2 aliphatic heterocycles. The Morgan fingerprint density at radius 1 is 1.22 bits per heavy atom. The van der Waals surface area contributed by atoms with Gasteiger partial charge in [-0.3, -0.25) is 0 Å². The number of rotatable bonds is 8. The van der Waals surface area contributed by atoms with E-state index in [1.807, 2.05) is 25.1 Å². The van der Waals surface area contributed by atoms with E-state index < -0.39 is 0 Å². The van der Waals surface area contributed by atoms with Crippen molar-refractivity contribution in [1.29, 1.82) is 0 Å². The van der Waals surface area contributed by atoms with Gasteiger partial charge in [-0.2, -0.15) is 0 Å². The summed E-state index contributed by atoms with van der Waals surface area (Å²) in [5, 5.41) is 3.58. The SMILES string of the molecule is CCOC(=O)c1cc(N2CCC3(CCOCC3)C2)c(C(C(C)C)N(C)C)c(Nc2cccc(C)c2)n1. The van der Waals surface area contributed by atoms with Crippen LogP contribution in [0.3, 0.4) is 0 Å². The van der Waals surface area contributed by atoms with Crippen LogP contribution < -0.4 is 10.2 Å². The van der Waals surface area contributed by atoms with Crippen LogP contribution in [0.5, 0.6) is 0 Å². The summed E-state index contributed by atoms with van der Waals surface area (Å²) in [4.78, 5) is 22.6. The largest absolute Gasteiger partial charge is 0.461 e. The average molecular weight is 495 g/mol. The Morgan fingerprint density at radius 3 is 2.61 bits per heavy atom. The molecule has 0 saturated carbocycles. The summed E-state index contributed by atoms with van der Waals surface area (Å²) in [5.74, 6) is 0.677. The van der Waals surface area contributed by atoms with E-state index in [4.69, 9.17) is 14.5 Å². The minimum Gasteiger partial charge on any atom is -0.461 e. The van der Waals surface area contributed by atoms with Crippen molar-refractivity contribution in [3.8, 4) is 0 Å². The van der Waals surface area contributed by atoms with E-state index in [0.29, 0.717) is 18.2 Å². The topological polar surface area (TPSA) is 66.9 Å². The molecule has 2 fully saturated rings. The Bertz CT molecular complexity index is 1050. The van der Waals surface area contributed by atoms with Crippen LogP contribution in [0.15, 0.2) is 30.3 Å². The summed E-state index contributed by atoms with van der Waals surface area (Å²) in [6.45, 7) is 12.3. The summed E-state index contributed by atoms with van der Waals surface area (Å²) in [7, 11) is 4.24. The number of nitrogens with one attached hydrogen (secondary N) is 1. The van der Waals surface area contributed by atoms with Gasteiger partial charge >= 0.3 is 5.97 Å². The molecule has 1 spiro atoms. The fourth-order valence-electron chi connectivity index (χ4n) is 5.90. The quantitative estimate of drug-likeness (QED) is 0.481. The second-order valence-electron chi connectivity index (χ2n) is 10.9. The Kier molecular flexibility index (Phi) is 8.20. The van der Waals surface area contributed by atoms with Gasteiger partial charge in [0.1, 0.15) is 5.82 Å². The molecule has 0 bridgehead atoms. The Hall–Kier alpha value is -2.64. The molecule has 1 aromatic carbocycles. The fraction of sp³-hybridized carbons (Fsp3) is 0.586. The van der Waals surface area contributed by atoms with Gasteiger partial charge < -0.3 is 24.6 Å². The number of ether oxygens (including phenoxy) is 2. The van der Waals surface area contributed by atoms with Gasteiger partial charge in [-0.1, -0.05) is 26.0 Å². The maximum atomic E-state index is 13.0. The zero-order valence-electron chi connectivity index (χ0n) is 22.8. The van der Waals surface area contributed by atoms with Crippen molar-refractivity contribution in [2.45, 2.75) is 53.0 Å². The van der Waals surface area contributed by atoms with E-state index in [1.165, 1.54) is 0 Å². The first kappa shape index (κ1) is 26.4. The van der Waals surface area contributed by atoms with Gasteiger partial charge in [0.25, 0.3) is 0 Å². The third-order valence-electron chi connectivity index (χ3n) is 7.62. The molecule has 1 aromatic heterocycles. The molecular formula is C29H42N4O3. The highest BCUT2D eigenvalue weighted by Gasteiger charge is 2.41. The standard InChI is InChI=1S/C29H42N4O3/c1-7-36-28(34)23-18-24(33-14-11-29(19-33)12-15-35-16-13-29)25(26(20(2)3)32(5)6)27(31-23)30-22-10-8-9-21(4)17-22/h8-10,17-18,20,26H,7,11-16,19H2,1-6H3,(H,30,31). The summed E-state index contributed by atoms with van der Waals surface area (Å²) in [5.41, 5.74) is 4.96. The van der Waals surface area contributed by atoms with Crippen LogP contribution in [0, 0.1) is 18.3 Å². The highest BCUT2D eigenvalue weighted by Crippen LogP contribution is 2.46. The summed E-state index contributed by atoms with van der Waals surface area (Å²) in [6, 6.07) is 10.3.